The molecule has 56 heavy (non-hydrogen) atoms. The molecular formula is C44H80N6O4S2. The molecule has 322 valence electrons. The third-order valence-electron chi connectivity index (χ3n) is 10.7. The zero-order chi connectivity index (χ0) is 41.4. The molecule has 10 nitrogen and oxygen atoms in total. The van der Waals surface area contributed by atoms with Crippen molar-refractivity contribution in [2.75, 3.05) is 26.2 Å². The second kappa shape index (κ2) is 38.3. The van der Waals surface area contributed by atoms with Crippen LogP contribution in [0.3, 0.4) is 0 Å². The summed E-state index contributed by atoms with van der Waals surface area (Å²) in [6.45, 7) is 3.42. The highest BCUT2D eigenvalue weighted by molar-refractivity contribution is 8.07. The van der Waals surface area contributed by atoms with Crippen LogP contribution in [0.2, 0.25) is 0 Å². The van der Waals surface area contributed by atoms with E-state index >= 15 is 0 Å². The molecule has 0 radical (unpaired) electrons. The maximum absolute atomic E-state index is 14.8. The van der Waals surface area contributed by atoms with Crippen molar-refractivity contribution in [3.63, 3.8) is 0 Å². The van der Waals surface area contributed by atoms with Crippen molar-refractivity contribution in [2.24, 2.45) is 0 Å². The zero-order valence-corrected chi connectivity index (χ0v) is 37.2. The molecule has 0 rings (SSSR count). The summed E-state index contributed by atoms with van der Waals surface area (Å²) in [6, 6.07) is 8.76. The smallest absolute Gasteiger partial charge is 0.211 e. The van der Waals surface area contributed by atoms with Crippen LogP contribution in [0.25, 0.3) is 0 Å². The van der Waals surface area contributed by atoms with Gasteiger partial charge in [-0.15, -0.1) is 0 Å². The average molecular weight is 821 g/mol. The summed E-state index contributed by atoms with van der Waals surface area (Å²) in [5.74, 6) is 0. The summed E-state index contributed by atoms with van der Waals surface area (Å²) in [6.07, 6.45) is 28.3. The molecule has 0 aliphatic heterocycles. The Kier molecular flexibility index (Phi) is 36.8. The van der Waals surface area contributed by atoms with Crippen molar-refractivity contribution in [1.82, 2.24) is 8.61 Å². The second-order valence-electron chi connectivity index (χ2n) is 15.6. The molecule has 12 heteroatoms. The highest BCUT2D eigenvalue weighted by Gasteiger charge is 2.43. The summed E-state index contributed by atoms with van der Waals surface area (Å²) in [4.78, 5) is 0. The zero-order valence-electron chi connectivity index (χ0n) is 35.6. The molecule has 0 amide bonds. The van der Waals surface area contributed by atoms with Crippen LogP contribution in [-0.4, -0.2) is 56.2 Å². The first-order valence-electron chi connectivity index (χ1n) is 22.7. The quantitative estimate of drug-likeness (QED) is 0.0548. The molecule has 0 spiro atoms. The Hall–Kier alpha value is -2.22. The molecule has 0 bridgehead atoms. The molecular weight excluding hydrogens is 741 g/mol. The van der Waals surface area contributed by atoms with Crippen molar-refractivity contribution in [2.45, 2.75) is 230 Å². The first kappa shape index (κ1) is 53.8. The molecule has 0 atom stereocenters. The van der Waals surface area contributed by atoms with Crippen LogP contribution < -0.4 is 0 Å². The Labute approximate surface area is 345 Å². The van der Waals surface area contributed by atoms with Gasteiger partial charge in [-0.1, -0.05) is 142 Å². The Morgan fingerprint density at radius 3 is 0.857 bits per heavy atom. The molecule has 0 unspecified atom stereocenters. The fourth-order valence-electron chi connectivity index (χ4n) is 7.23. The van der Waals surface area contributed by atoms with Crippen LogP contribution >= 0.6 is 0 Å². The molecule has 0 saturated carbocycles. The Bertz CT molecular complexity index is 1160. The first-order valence-corrected chi connectivity index (χ1v) is 25.7. The van der Waals surface area contributed by atoms with Crippen LogP contribution in [-0.2, 0) is 20.0 Å². The lowest BCUT2D eigenvalue weighted by atomic mass is 10.1. The van der Waals surface area contributed by atoms with Crippen molar-refractivity contribution < 1.29 is 16.8 Å². The largest absolute Gasteiger partial charge is 0.232 e. The number of rotatable bonds is 42. The number of nitrogens with zero attached hydrogens (tertiary/aromatic N) is 6. The van der Waals surface area contributed by atoms with Crippen molar-refractivity contribution in [3.8, 4) is 24.3 Å². The van der Waals surface area contributed by atoms with Gasteiger partial charge in [-0.25, -0.2) is 25.4 Å². The number of hydrogen-bond acceptors (Lipinski definition) is 8. The molecule has 0 aliphatic rings. The van der Waals surface area contributed by atoms with Crippen LogP contribution in [0, 0.1) is 45.3 Å². The number of hydrogen-bond donors (Lipinski definition) is 0. The summed E-state index contributed by atoms with van der Waals surface area (Å²) >= 11 is 0. The lowest BCUT2D eigenvalue weighted by Crippen LogP contribution is -2.49. The van der Waals surface area contributed by atoms with E-state index in [2.05, 4.69) is 31.2 Å². The lowest BCUT2D eigenvalue weighted by molar-refractivity contribution is 0.367. The topological polar surface area (TPSA) is 170 Å². The van der Waals surface area contributed by atoms with Gasteiger partial charge in [0.25, 0.3) is 0 Å². The van der Waals surface area contributed by atoms with E-state index in [1.54, 1.807) is 0 Å². The van der Waals surface area contributed by atoms with Gasteiger partial charge in [-0.3, -0.25) is 0 Å². The van der Waals surface area contributed by atoms with E-state index in [9.17, 15) is 16.8 Å². The summed E-state index contributed by atoms with van der Waals surface area (Å²) in [5, 5.41) is 35.3. The molecule has 0 heterocycles. The molecule has 0 N–H and O–H groups in total. The Morgan fingerprint density at radius 2 is 0.589 bits per heavy atom. The van der Waals surface area contributed by atoms with E-state index in [0.717, 1.165) is 154 Å². The van der Waals surface area contributed by atoms with Crippen molar-refractivity contribution >= 4 is 20.0 Å². The molecule has 0 aromatic carbocycles. The van der Waals surface area contributed by atoms with E-state index in [1.807, 2.05) is 0 Å². The van der Waals surface area contributed by atoms with Gasteiger partial charge in [0.2, 0.25) is 20.0 Å². The lowest BCUT2D eigenvalue weighted by Gasteiger charge is -2.32. The minimum Gasteiger partial charge on any atom is -0.211 e. The van der Waals surface area contributed by atoms with Crippen LogP contribution in [0.15, 0.2) is 0 Å². The fraction of sp³-hybridized carbons (Fsp3) is 0.909. The first-order chi connectivity index (χ1) is 27.2. The molecule has 0 saturated heterocycles. The van der Waals surface area contributed by atoms with Gasteiger partial charge in [0, 0.05) is 51.9 Å². The third-order valence-corrected chi connectivity index (χ3v) is 16.1. The van der Waals surface area contributed by atoms with Crippen LogP contribution in [0.5, 0.6) is 0 Å². The molecule has 0 aromatic rings. The van der Waals surface area contributed by atoms with Crippen molar-refractivity contribution in [3.05, 3.63) is 0 Å². The predicted molar refractivity (Wildman–Crippen MR) is 230 cm³/mol. The fourth-order valence-corrected chi connectivity index (χ4v) is 12.3. The van der Waals surface area contributed by atoms with Gasteiger partial charge < -0.3 is 0 Å². The van der Waals surface area contributed by atoms with E-state index in [4.69, 9.17) is 21.0 Å². The van der Waals surface area contributed by atoms with Crippen LogP contribution in [0.1, 0.15) is 225 Å². The molecule has 0 fully saturated rings. The Balaban J connectivity index is 6.15. The van der Waals surface area contributed by atoms with E-state index in [-0.39, 0.29) is 6.42 Å². The summed E-state index contributed by atoms with van der Waals surface area (Å²) in [7, 11) is -8.37. The van der Waals surface area contributed by atoms with E-state index in [1.165, 1.54) is 8.61 Å². The van der Waals surface area contributed by atoms with Gasteiger partial charge in [-0.05, 0) is 57.8 Å². The monoisotopic (exact) mass is 821 g/mol. The van der Waals surface area contributed by atoms with Crippen LogP contribution in [0.4, 0.5) is 0 Å². The highest BCUT2D eigenvalue weighted by Crippen LogP contribution is 2.27. The SMILES string of the molecule is CCCCCCCC(S(=O)(=O)N(CCCCCCCCC#N)CCCCCCCCC#N)S(=O)(=O)N(CCCCCCCCC#N)CCCCCCCCC#N. The normalized spacial score (nSPS) is 11.9. The maximum Gasteiger partial charge on any atom is 0.232 e. The van der Waals surface area contributed by atoms with Crippen molar-refractivity contribution in [1.29, 1.82) is 21.0 Å². The second-order valence-corrected chi connectivity index (χ2v) is 20.2. The van der Waals surface area contributed by atoms with Gasteiger partial charge in [0.05, 0.1) is 24.3 Å². The average Bonchev–Trinajstić information content (AvgIpc) is 3.18. The van der Waals surface area contributed by atoms with Gasteiger partial charge in [0.1, 0.15) is 0 Å². The van der Waals surface area contributed by atoms with E-state index in [0.29, 0.717) is 84.0 Å². The minimum atomic E-state index is -4.19. The number of sulfonamides is 2. The maximum atomic E-state index is 14.8. The standard InChI is InChI=1S/C44H80N6O4S2/c1-2-3-4-17-26-35-44(55(51,52)49(40-31-22-13-5-9-18-27-36-45)41-32-23-14-6-10-19-28-37-46)56(53,54)50(42-33-24-15-7-11-20-29-38-47)43-34-25-16-8-12-21-30-39-48/h44H,2-35,40-43H2,1H3. The van der Waals surface area contributed by atoms with Gasteiger partial charge >= 0.3 is 0 Å². The predicted octanol–water partition coefficient (Wildman–Crippen LogP) is 12.0. The van der Waals surface area contributed by atoms with Gasteiger partial charge in [-0.2, -0.15) is 21.0 Å². The molecule has 0 aromatic heterocycles. The molecule has 0 aliphatic carbocycles. The number of unbranched alkanes of at least 4 members (excludes halogenated alkanes) is 28. The Morgan fingerprint density at radius 1 is 0.357 bits per heavy atom. The highest BCUT2D eigenvalue weighted by atomic mass is 32.3. The number of nitriles is 4. The summed E-state index contributed by atoms with van der Waals surface area (Å²) < 4.78 is 60.7. The van der Waals surface area contributed by atoms with Gasteiger partial charge in [0.15, 0.2) is 4.58 Å². The van der Waals surface area contributed by atoms with E-state index < -0.39 is 24.6 Å². The third kappa shape index (κ3) is 28.2. The summed E-state index contributed by atoms with van der Waals surface area (Å²) in [5.41, 5.74) is 0. The minimum absolute atomic E-state index is 0.108.